The number of halogens is 1. The third kappa shape index (κ3) is 4.63. The number of hydrogen-bond donors (Lipinski definition) is 2. The summed E-state index contributed by atoms with van der Waals surface area (Å²) in [6.45, 7) is 2.13. The Morgan fingerprint density at radius 2 is 1.77 bits per heavy atom. The van der Waals surface area contributed by atoms with Crippen LogP contribution in [0.4, 0.5) is 0 Å². The highest BCUT2D eigenvalue weighted by atomic mass is 35.5. The van der Waals surface area contributed by atoms with Crippen LogP contribution in [0.15, 0.2) is 48.5 Å². The summed E-state index contributed by atoms with van der Waals surface area (Å²) < 4.78 is 11.1. The van der Waals surface area contributed by atoms with Gasteiger partial charge in [-0.15, -0.1) is 12.4 Å². The number of ether oxygens (including phenoxy) is 2. The van der Waals surface area contributed by atoms with E-state index in [9.17, 15) is 5.11 Å². The van der Waals surface area contributed by atoms with Crippen LogP contribution in [-0.2, 0) is 6.61 Å². The number of aliphatic hydroxyl groups excluding tert-OH is 1. The number of rotatable bonds is 6. The third-order valence-electron chi connectivity index (χ3n) is 3.33. The third-order valence-corrected chi connectivity index (χ3v) is 3.33. The van der Waals surface area contributed by atoms with Crippen molar-refractivity contribution in [3.8, 4) is 11.5 Å². The van der Waals surface area contributed by atoms with Gasteiger partial charge in [0.15, 0.2) is 11.5 Å². The standard InChI is InChI=1S/C17H21NO3.ClH/c1-12(19)17(18)14-8-9-15(16(10-14)20-2)21-11-13-6-4-3-5-7-13;/h3-10,12,17,19H,11,18H2,1-2H3;1H/t12-,17-;/m1./s1. The van der Waals surface area contributed by atoms with Gasteiger partial charge in [0.05, 0.1) is 19.3 Å². The SMILES string of the molecule is COc1cc([C@H](N)[C@@H](C)O)ccc1OCc1ccccc1.Cl. The minimum absolute atomic E-state index is 0. The van der Waals surface area contributed by atoms with Crippen molar-refractivity contribution in [2.45, 2.75) is 25.7 Å². The second-order valence-electron chi connectivity index (χ2n) is 4.95. The Hall–Kier alpha value is -1.75. The van der Waals surface area contributed by atoms with E-state index in [1.54, 1.807) is 20.1 Å². The fourth-order valence-electron chi connectivity index (χ4n) is 2.02. The molecule has 2 atom stereocenters. The van der Waals surface area contributed by atoms with Gasteiger partial charge in [-0.05, 0) is 30.2 Å². The van der Waals surface area contributed by atoms with Crippen LogP contribution in [-0.4, -0.2) is 18.3 Å². The van der Waals surface area contributed by atoms with Gasteiger partial charge in [-0.3, -0.25) is 0 Å². The Balaban J connectivity index is 0.00000242. The van der Waals surface area contributed by atoms with E-state index in [0.717, 1.165) is 11.1 Å². The van der Waals surface area contributed by atoms with Crippen LogP contribution in [0.3, 0.4) is 0 Å². The average Bonchev–Trinajstić information content (AvgIpc) is 2.53. The summed E-state index contributed by atoms with van der Waals surface area (Å²) in [5.41, 5.74) is 7.83. The highest BCUT2D eigenvalue weighted by molar-refractivity contribution is 5.85. The van der Waals surface area contributed by atoms with Gasteiger partial charge >= 0.3 is 0 Å². The van der Waals surface area contributed by atoms with Crippen molar-refractivity contribution >= 4 is 12.4 Å². The average molecular weight is 324 g/mol. The van der Waals surface area contributed by atoms with Crippen molar-refractivity contribution in [2.75, 3.05) is 7.11 Å². The van der Waals surface area contributed by atoms with Crippen LogP contribution >= 0.6 is 12.4 Å². The van der Waals surface area contributed by atoms with Crippen molar-refractivity contribution in [2.24, 2.45) is 5.73 Å². The Labute approximate surface area is 137 Å². The molecule has 0 unspecified atom stereocenters. The van der Waals surface area contributed by atoms with Crippen LogP contribution in [0.25, 0.3) is 0 Å². The van der Waals surface area contributed by atoms with Gasteiger partial charge in [0.25, 0.3) is 0 Å². The van der Waals surface area contributed by atoms with Gasteiger partial charge in [-0.1, -0.05) is 36.4 Å². The van der Waals surface area contributed by atoms with E-state index in [1.807, 2.05) is 42.5 Å². The quantitative estimate of drug-likeness (QED) is 0.857. The largest absolute Gasteiger partial charge is 0.493 e. The summed E-state index contributed by atoms with van der Waals surface area (Å²) in [5, 5.41) is 9.56. The molecule has 0 bridgehead atoms. The molecule has 2 aromatic rings. The lowest BCUT2D eigenvalue weighted by Gasteiger charge is -2.17. The topological polar surface area (TPSA) is 64.7 Å². The second-order valence-corrected chi connectivity index (χ2v) is 4.95. The zero-order valence-corrected chi connectivity index (χ0v) is 13.5. The molecule has 0 saturated heterocycles. The van der Waals surface area contributed by atoms with Crippen LogP contribution < -0.4 is 15.2 Å². The van der Waals surface area contributed by atoms with Gasteiger partial charge in [-0.2, -0.15) is 0 Å². The van der Waals surface area contributed by atoms with Crippen molar-refractivity contribution in [3.63, 3.8) is 0 Å². The first kappa shape index (κ1) is 18.3. The van der Waals surface area contributed by atoms with Gasteiger partial charge in [0, 0.05) is 0 Å². The minimum Gasteiger partial charge on any atom is -0.493 e. The van der Waals surface area contributed by atoms with Gasteiger partial charge in [0.1, 0.15) is 6.61 Å². The van der Waals surface area contributed by atoms with Gasteiger partial charge in [-0.25, -0.2) is 0 Å². The molecule has 3 N–H and O–H groups in total. The number of benzene rings is 2. The summed E-state index contributed by atoms with van der Waals surface area (Å²) in [5.74, 6) is 1.27. The Kier molecular flexibility index (Phi) is 7.18. The van der Waals surface area contributed by atoms with E-state index in [1.165, 1.54) is 0 Å². The smallest absolute Gasteiger partial charge is 0.161 e. The fraction of sp³-hybridized carbons (Fsp3) is 0.294. The van der Waals surface area contributed by atoms with Gasteiger partial charge < -0.3 is 20.3 Å². The summed E-state index contributed by atoms with van der Waals surface area (Å²) >= 11 is 0. The summed E-state index contributed by atoms with van der Waals surface area (Å²) in [4.78, 5) is 0. The second kappa shape index (κ2) is 8.63. The molecular weight excluding hydrogens is 302 g/mol. The Morgan fingerprint density at radius 1 is 1.09 bits per heavy atom. The lowest BCUT2D eigenvalue weighted by atomic mass is 10.0. The Morgan fingerprint density at radius 3 is 2.36 bits per heavy atom. The molecule has 5 heteroatoms. The molecule has 0 fully saturated rings. The highest BCUT2D eigenvalue weighted by Crippen LogP contribution is 2.31. The predicted molar refractivity (Wildman–Crippen MR) is 89.6 cm³/mol. The van der Waals surface area contributed by atoms with E-state index >= 15 is 0 Å². The number of nitrogens with two attached hydrogens (primary N) is 1. The van der Waals surface area contributed by atoms with Crippen molar-refractivity contribution in [3.05, 3.63) is 59.7 Å². The number of hydrogen-bond acceptors (Lipinski definition) is 4. The lowest BCUT2D eigenvalue weighted by molar-refractivity contribution is 0.164. The van der Waals surface area contributed by atoms with Crippen LogP contribution in [0.1, 0.15) is 24.1 Å². The van der Waals surface area contributed by atoms with Crippen molar-refractivity contribution in [1.29, 1.82) is 0 Å². The Bertz CT molecular complexity index is 575. The zero-order chi connectivity index (χ0) is 15.2. The first-order valence-electron chi connectivity index (χ1n) is 6.90. The molecule has 0 heterocycles. The first-order chi connectivity index (χ1) is 10.1. The maximum atomic E-state index is 9.56. The monoisotopic (exact) mass is 323 g/mol. The summed E-state index contributed by atoms with van der Waals surface area (Å²) in [6.07, 6.45) is -0.620. The number of methoxy groups -OCH3 is 1. The molecule has 0 aliphatic heterocycles. The molecule has 0 aliphatic rings. The van der Waals surface area contributed by atoms with Crippen molar-refractivity contribution < 1.29 is 14.6 Å². The normalized spacial score (nSPS) is 12.9. The van der Waals surface area contributed by atoms with E-state index < -0.39 is 12.1 Å². The summed E-state index contributed by atoms with van der Waals surface area (Å²) in [6, 6.07) is 14.9. The van der Waals surface area contributed by atoms with Crippen LogP contribution in [0.2, 0.25) is 0 Å². The summed E-state index contributed by atoms with van der Waals surface area (Å²) in [7, 11) is 1.59. The highest BCUT2D eigenvalue weighted by Gasteiger charge is 2.15. The van der Waals surface area contributed by atoms with Crippen LogP contribution in [0.5, 0.6) is 11.5 Å². The zero-order valence-electron chi connectivity index (χ0n) is 12.7. The molecule has 0 aliphatic carbocycles. The molecule has 2 rings (SSSR count). The maximum Gasteiger partial charge on any atom is 0.161 e. The first-order valence-corrected chi connectivity index (χ1v) is 6.90. The van der Waals surface area contributed by atoms with E-state index in [-0.39, 0.29) is 12.4 Å². The minimum atomic E-state index is -0.620. The molecule has 0 saturated carbocycles. The molecule has 22 heavy (non-hydrogen) atoms. The lowest BCUT2D eigenvalue weighted by Crippen LogP contribution is -2.23. The molecule has 0 aromatic heterocycles. The molecule has 120 valence electrons. The van der Waals surface area contributed by atoms with Crippen LogP contribution in [0, 0.1) is 0 Å². The van der Waals surface area contributed by atoms with Gasteiger partial charge in [0.2, 0.25) is 0 Å². The molecule has 0 radical (unpaired) electrons. The van der Waals surface area contributed by atoms with E-state index in [0.29, 0.717) is 18.1 Å². The molecular formula is C17H22ClNO3. The maximum absolute atomic E-state index is 9.56. The molecule has 4 nitrogen and oxygen atoms in total. The van der Waals surface area contributed by atoms with Crippen molar-refractivity contribution in [1.82, 2.24) is 0 Å². The molecule has 0 spiro atoms. The van der Waals surface area contributed by atoms with E-state index in [2.05, 4.69) is 0 Å². The predicted octanol–water partition coefficient (Wildman–Crippen LogP) is 3.08. The molecule has 2 aromatic carbocycles. The fourth-order valence-corrected chi connectivity index (χ4v) is 2.02. The number of aliphatic hydroxyl groups is 1. The van der Waals surface area contributed by atoms with E-state index in [4.69, 9.17) is 15.2 Å². The molecule has 0 amide bonds.